The highest BCUT2D eigenvalue weighted by molar-refractivity contribution is 5.94. The first kappa shape index (κ1) is 16.1. The van der Waals surface area contributed by atoms with Gasteiger partial charge in [-0.2, -0.15) is 10.2 Å². The number of aryl methyl sites for hydroxylation is 1. The number of aromatic nitrogens is 3. The van der Waals surface area contributed by atoms with Gasteiger partial charge in [0, 0.05) is 31.9 Å². The second kappa shape index (κ2) is 6.48. The lowest BCUT2D eigenvalue weighted by Crippen LogP contribution is -2.28. The maximum Gasteiger partial charge on any atom is 0.253 e. The third-order valence-corrected chi connectivity index (χ3v) is 4.68. The molecule has 1 saturated heterocycles. The number of likely N-dealkylation sites (tertiary alicyclic amines) is 1. The lowest BCUT2D eigenvalue weighted by Gasteiger charge is -2.15. The fourth-order valence-corrected chi connectivity index (χ4v) is 3.25. The van der Waals surface area contributed by atoms with Crippen LogP contribution in [0, 0.1) is 11.3 Å². The molecular formula is C19H17N5O2. The number of benzene rings is 1. The van der Waals surface area contributed by atoms with Gasteiger partial charge >= 0.3 is 0 Å². The maximum atomic E-state index is 12.7. The number of carbonyl (C=O) groups excluding carboxylic acids is 1. The largest absolute Gasteiger partial charge is 0.348 e. The molecule has 0 spiro atoms. The molecule has 0 radical (unpaired) electrons. The van der Waals surface area contributed by atoms with Gasteiger partial charge in [0.2, 0.25) is 11.7 Å². The Balaban J connectivity index is 1.49. The Labute approximate surface area is 150 Å². The van der Waals surface area contributed by atoms with Gasteiger partial charge < -0.3 is 14.0 Å². The molecule has 26 heavy (non-hydrogen) atoms. The average molecular weight is 347 g/mol. The van der Waals surface area contributed by atoms with Crippen molar-refractivity contribution in [2.24, 2.45) is 7.05 Å². The Kier molecular flexibility index (Phi) is 4.01. The van der Waals surface area contributed by atoms with Crippen LogP contribution in [0.3, 0.4) is 0 Å². The van der Waals surface area contributed by atoms with Gasteiger partial charge in [0.1, 0.15) is 0 Å². The summed E-state index contributed by atoms with van der Waals surface area (Å²) >= 11 is 0. The lowest BCUT2D eigenvalue weighted by molar-refractivity contribution is 0.0789. The van der Waals surface area contributed by atoms with Crippen molar-refractivity contribution in [3.63, 3.8) is 0 Å². The molecule has 0 N–H and O–H groups in total. The summed E-state index contributed by atoms with van der Waals surface area (Å²) in [7, 11) is 1.93. The molecule has 3 heterocycles. The van der Waals surface area contributed by atoms with Crippen molar-refractivity contribution < 1.29 is 9.32 Å². The highest BCUT2D eigenvalue weighted by Crippen LogP contribution is 2.28. The minimum Gasteiger partial charge on any atom is -0.348 e. The molecule has 1 amide bonds. The second-order valence-corrected chi connectivity index (χ2v) is 6.39. The van der Waals surface area contributed by atoms with Crippen LogP contribution in [0.5, 0.6) is 0 Å². The van der Waals surface area contributed by atoms with E-state index < -0.39 is 0 Å². The van der Waals surface area contributed by atoms with Gasteiger partial charge in [0.15, 0.2) is 0 Å². The normalized spacial score (nSPS) is 16.6. The Morgan fingerprint density at radius 2 is 2.23 bits per heavy atom. The number of rotatable bonds is 3. The van der Waals surface area contributed by atoms with E-state index in [4.69, 9.17) is 9.78 Å². The van der Waals surface area contributed by atoms with E-state index in [0.717, 1.165) is 12.1 Å². The molecule has 1 aliphatic heterocycles. The Hall–Kier alpha value is -3.40. The summed E-state index contributed by atoms with van der Waals surface area (Å²) in [6, 6.07) is 12.7. The monoisotopic (exact) mass is 347 g/mol. The standard InChI is InChI=1S/C19H17N5O2/c1-23-8-3-6-16(23)17-21-18(26-22-17)15-7-9-24(12-15)19(25)14-5-2-4-13(10-14)11-20/h2-6,8,10,15H,7,9,12H2,1H3. The quantitative estimate of drug-likeness (QED) is 0.726. The zero-order valence-corrected chi connectivity index (χ0v) is 14.3. The summed E-state index contributed by atoms with van der Waals surface area (Å²) in [6.45, 7) is 1.16. The van der Waals surface area contributed by atoms with Crippen LogP contribution in [0.15, 0.2) is 47.1 Å². The first-order valence-corrected chi connectivity index (χ1v) is 8.40. The SMILES string of the molecule is Cn1cccc1-c1noc(C2CCN(C(=O)c3cccc(C#N)c3)C2)n1. The summed E-state index contributed by atoms with van der Waals surface area (Å²) in [5.74, 6) is 1.06. The zero-order valence-electron chi connectivity index (χ0n) is 14.3. The van der Waals surface area contributed by atoms with Gasteiger partial charge in [-0.05, 0) is 36.8 Å². The van der Waals surface area contributed by atoms with Crippen LogP contribution in [0.1, 0.15) is 34.2 Å². The maximum absolute atomic E-state index is 12.7. The number of nitrogens with zero attached hydrogens (tertiary/aromatic N) is 5. The summed E-state index contributed by atoms with van der Waals surface area (Å²) in [4.78, 5) is 19.0. The van der Waals surface area contributed by atoms with Gasteiger partial charge in [-0.25, -0.2) is 0 Å². The van der Waals surface area contributed by atoms with Crippen molar-refractivity contribution in [1.82, 2.24) is 19.6 Å². The fraction of sp³-hybridized carbons (Fsp3) is 0.263. The molecule has 4 rings (SSSR count). The molecule has 0 bridgehead atoms. The summed E-state index contributed by atoms with van der Waals surface area (Å²) in [5.41, 5.74) is 1.90. The summed E-state index contributed by atoms with van der Waals surface area (Å²) in [5, 5.41) is 13.1. The molecule has 0 aliphatic carbocycles. The third kappa shape index (κ3) is 2.86. The van der Waals surface area contributed by atoms with Gasteiger partial charge in [-0.1, -0.05) is 11.2 Å². The van der Waals surface area contributed by atoms with E-state index in [-0.39, 0.29) is 11.8 Å². The highest BCUT2D eigenvalue weighted by atomic mass is 16.5. The third-order valence-electron chi connectivity index (χ3n) is 4.68. The molecule has 1 fully saturated rings. The van der Waals surface area contributed by atoms with Crippen LogP contribution < -0.4 is 0 Å². The van der Waals surface area contributed by atoms with Crippen molar-refractivity contribution in [1.29, 1.82) is 5.26 Å². The molecule has 7 heteroatoms. The Bertz CT molecular complexity index is 997. The van der Waals surface area contributed by atoms with E-state index in [1.807, 2.05) is 29.9 Å². The molecule has 130 valence electrons. The van der Waals surface area contributed by atoms with E-state index >= 15 is 0 Å². The van der Waals surface area contributed by atoms with Crippen molar-refractivity contribution in [3.05, 3.63) is 59.6 Å². The van der Waals surface area contributed by atoms with Crippen LogP contribution in [-0.2, 0) is 7.05 Å². The van der Waals surface area contributed by atoms with Gasteiger partial charge in [-0.3, -0.25) is 4.79 Å². The van der Waals surface area contributed by atoms with Crippen LogP contribution in [0.25, 0.3) is 11.5 Å². The van der Waals surface area contributed by atoms with Crippen molar-refractivity contribution in [3.8, 4) is 17.6 Å². The van der Waals surface area contributed by atoms with Gasteiger partial charge in [0.25, 0.3) is 5.91 Å². The van der Waals surface area contributed by atoms with E-state index in [0.29, 0.717) is 35.9 Å². The molecule has 0 saturated carbocycles. The molecule has 1 aliphatic rings. The number of amides is 1. The van der Waals surface area contributed by atoms with E-state index in [2.05, 4.69) is 16.2 Å². The van der Waals surface area contributed by atoms with Crippen LogP contribution in [0.2, 0.25) is 0 Å². The predicted octanol–water partition coefficient (Wildman–Crippen LogP) is 2.58. The molecule has 2 aromatic heterocycles. The fourth-order valence-electron chi connectivity index (χ4n) is 3.25. The van der Waals surface area contributed by atoms with E-state index in [9.17, 15) is 4.79 Å². The number of hydrogen-bond donors (Lipinski definition) is 0. The smallest absolute Gasteiger partial charge is 0.253 e. The van der Waals surface area contributed by atoms with Crippen molar-refractivity contribution in [2.75, 3.05) is 13.1 Å². The Morgan fingerprint density at radius 1 is 1.35 bits per heavy atom. The van der Waals surface area contributed by atoms with Crippen LogP contribution in [0.4, 0.5) is 0 Å². The van der Waals surface area contributed by atoms with Crippen LogP contribution >= 0.6 is 0 Å². The van der Waals surface area contributed by atoms with Crippen LogP contribution in [-0.4, -0.2) is 38.6 Å². The van der Waals surface area contributed by atoms with Gasteiger partial charge in [-0.15, -0.1) is 0 Å². The predicted molar refractivity (Wildman–Crippen MR) is 93.1 cm³/mol. The Morgan fingerprint density at radius 3 is 3.00 bits per heavy atom. The molecule has 1 atom stereocenters. The zero-order chi connectivity index (χ0) is 18.1. The molecule has 1 aromatic carbocycles. The van der Waals surface area contributed by atoms with Crippen molar-refractivity contribution >= 4 is 5.91 Å². The topological polar surface area (TPSA) is 88.0 Å². The molecular weight excluding hydrogens is 330 g/mol. The lowest BCUT2D eigenvalue weighted by atomic mass is 10.1. The van der Waals surface area contributed by atoms with Gasteiger partial charge in [0.05, 0.1) is 23.2 Å². The van der Waals surface area contributed by atoms with E-state index in [1.54, 1.807) is 29.2 Å². The van der Waals surface area contributed by atoms with E-state index in [1.165, 1.54) is 0 Å². The highest BCUT2D eigenvalue weighted by Gasteiger charge is 2.31. The number of hydrogen-bond acceptors (Lipinski definition) is 5. The second-order valence-electron chi connectivity index (χ2n) is 6.39. The summed E-state index contributed by atoms with van der Waals surface area (Å²) < 4.78 is 7.37. The molecule has 7 nitrogen and oxygen atoms in total. The number of nitriles is 1. The average Bonchev–Trinajstić information content (AvgIpc) is 3.40. The minimum absolute atomic E-state index is 0.0274. The first-order valence-electron chi connectivity index (χ1n) is 8.40. The molecule has 3 aromatic rings. The molecule has 1 unspecified atom stereocenters. The first-order chi connectivity index (χ1) is 12.7. The minimum atomic E-state index is -0.0771. The van der Waals surface area contributed by atoms with Crippen molar-refractivity contribution in [2.45, 2.75) is 12.3 Å². The summed E-state index contributed by atoms with van der Waals surface area (Å²) in [6.07, 6.45) is 2.70. The number of carbonyl (C=O) groups is 1.